The summed E-state index contributed by atoms with van der Waals surface area (Å²) in [6.07, 6.45) is 10.1. The molecule has 2 amide bonds. The lowest BCUT2D eigenvalue weighted by molar-refractivity contribution is -0.174. The number of likely N-dealkylation sites (tertiary alicyclic amines) is 1. The zero-order chi connectivity index (χ0) is 42.7. The third-order valence-corrected chi connectivity index (χ3v) is 14.7. The maximum Gasteiger partial charge on any atom is 0.244 e. The number of fused-ring (bicyclic) bond motifs is 1. The van der Waals surface area contributed by atoms with Crippen molar-refractivity contribution >= 4 is 35.2 Å². The van der Waals surface area contributed by atoms with E-state index >= 15 is 0 Å². The highest BCUT2D eigenvalue weighted by molar-refractivity contribution is 6.31. The van der Waals surface area contributed by atoms with Crippen LogP contribution < -0.4 is 25.4 Å². The SMILES string of the molecule is CN1C=C(c2cc(C(C)(C)O)ccc2OC2CC(CC3CCN(C4N=CC(C(=O)NC5C(C)(C)C(Oc6ccc(C#N)c(Cl)c6)C5(C)C)CN4)CC3)C2)C2CCNC2C1=O. The van der Waals surface area contributed by atoms with E-state index in [0.29, 0.717) is 34.7 Å². The lowest BCUT2D eigenvalue weighted by Gasteiger charge is -2.63. The summed E-state index contributed by atoms with van der Waals surface area (Å²) >= 11 is 6.27. The fourth-order valence-electron chi connectivity index (χ4n) is 11.2. The van der Waals surface area contributed by atoms with Crippen LogP contribution in [0.4, 0.5) is 0 Å². The fraction of sp³-hybridized carbons (Fsp3) is 0.617. The lowest BCUT2D eigenvalue weighted by Crippen LogP contribution is -2.75. The van der Waals surface area contributed by atoms with Crippen molar-refractivity contribution in [1.82, 2.24) is 25.8 Å². The van der Waals surface area contributed by atoms with Crippen LogP contribution in [0.5, 0.6) is 11.5 Å². The molecule has 4 heterocycles. The Morgan fingerprint density at radius 3 is 2.43 bits per heavy atom. The quantitative estimate of drug-likeness (QED) is 0.212. The van der Waals surface area contributed by atoms with Gasteiger partial charge in [-0.2, -0.15) is 5.26 Å². The molecule has 0 aromatic heterocycles. The summed E-state index contributed by atoms with van der Waals surface area (Å²) in [4.78, 5) is 35.4. The number of rotatable bonds is 11. The Balaban J connectivity index is 0.795. The van der Waals surface area contributed by atoms with E-state index in [-0.39, 0.29) is 65.1 Å². The Morgan fingerprint density at radius 1 is 1.05 bits per heavy atom. The Hall–Kier alpha value is -3.99. The zero-order valence-electron chi connectivity index (χ0n) is 36.1. The van der Waals surface area contributed by atoms with Crippen molar-refractivity contribution in [1.29, 1.82) is 5.26 Å². The molecule has 322 valence electrons. The van der Waals surface area contributed by atoms with Crippen molar-refractivity contribution in [2.45, 2.75) is 116 Å². The zero-order valence-corrected chi connectivity index (χ0v) is 36.9. The number of halogens is 1. The van der Waals surface area contributed by atoms with E-state index in [4.69, 9.17) is 26.1 Å². The Kier molecular flexibility index (Phi) is 11.6. The second-order valence-electron chi connectivity index (χ2n) is 19.9. The van der Waals surface area contributed by atoms with E-state index in [1.54, 1.807) is 36.9 Å². The number of aliphatic imine (C=N–C) groups is 1. The highest BCUT2D eigenvalue weighted by Crippen LogP contribution is 2.56. The molecule has 2 aliphatic carbocycles. The topological polar surface area (TPSA) is 152 Å². The molecule has 0 radical (unpaired) electrons. The molecule has 0 bridgehead atoms. The number of carbonyl (C=O) groups excluding carboxylic acids is 2. The van der Waals surface area contributed by atoms with Crippen LogP contribution in [-0.4, -0.2) is 96.7 Å². The van der Waals surface area contributed by atoms with Gasteiger partial charge in [0.25, 0.3) is 0 Å². The van der Waals surface area contributed by atoms with Gasteiger partial charge in [0, 0.05) is 73.5 Å². The largest absolute Gasteiger partial charge is 0.490 e. The first kappa shape index (κ1) is 42.7. The van der Waals surface area contributed by atoms with Crippen LogP contribution in [-0.2, 0) is 15.2 Å². The van der Waals surface area contributed by atoms with Crippen molar-refractivity contribution in [2.75, 3.05) is 33.2 Å². The predicted octanol–water partition coefficient (Wildman–Crippen LogP) is 6.06. The fourth-order valence-corrected chi connectivity index (χ4v) is 11.4. The molecule has 2 aromatic carbocycles. The molecule has 2 saturated carbocycles. The summed E-state index contributed by atoms with van der Waals surface area (Å²) in [5.41, 5.74) is 1.65. The van der Waals surface area contributed by atoms with Crippen LogP contribution in [0.1, 0.15) is 96.8 Å². The van der Waals surface area contributed by atoms with E-state index in [0.717, 1.165) is 74.2 Å². The first-order valence-electron chi connectivity index (χ1n) is 21.9. The van der Waals surface area contributed by atoms with Crippen molar-refractivity contribution in [3.8, 4) is 17.6 Å². The maximum atomic E-state index is 13.6. The van der Waals surface area contributed by atoms with Gasteiger partial charge in [-0.1, -0.05) is 45.4 Å². The molecule has 2 aromatic rings. The van der Waals surface area contributed by atoms with Crippen LogP contribution in [0.15, 0.2) is 47.6 Å². The number of nitrogens with zero attached hydrogens (tertiary/aromatic N) is 4. The summed E-state index contributed by atoms with van der Waals surface area (Å²) in [7, 11) is 1.82. The summed E-state index contributed by atoms with van der Waals surface area (Å²) in [6, 6.07) is 12.9. The van der Waals surface area contributed by atoms with Crippen molar-refractivity contribution in [3.05, 3.63) is 64.3 Å². The van der Waals surface area contributed by atoms with Crippen LogP contribution in [0.2, 0.25) is 5.02 Å². The van der Waals surface area contributed by atoms with Gasteiger partial charge in [-0.25, -0.2) is 0 Å². The molecule has 4 aliphatic heterocycles. The molecule has 4 atom stereocenters. The number of nitriles is 1. The van der Waals surface area contributed by atoms with Gasteiger partial charge in [-0.15, -0.1) is 0 Å². The number of benzene rings is 2. The average Bonchev–Trinajstić information content (AvgIpc) is 3.70. The minimum Gasteiger partial charge on any atom is -0.490 e. The number of hydrogen-bond acceptors (Lipinski definition) is 10. The van der Waals surface area contributed by atoms with Gasteiger partial charge in [0.05, 0.1) is 34.3 Å². The molecule has 4 fully saturated rings. The maximum absolute atomic E-state index is 13.6. The molecule has 0 spiro atoms. The number of likely N-dealkylation sites (N-methyl/N-ethyl adjacent to an activating group) is 1. The number of nitrogens with one attached hydrogen (secondary N) is 3. The summed E-state index contributed by atoms with van der Waals surface area (Å²) in [6.45, 7) is 15.3. The van der Waals surface area contributed by atoms with Gasteiger partial charge in [0.15, 0.2) is 6.29 Å². The highest BCUT2D eigenvalue weighted by atomic mass is 35.5. The summed E-state index contributed by atoms with van der Waals surface area (Å²) in [5.74, 6) is 2.55. The Morgan fingerprint density at radius 2 is 1.78 bits per heavy atom. The third-order valence-electron chi connectivity index (χ3n) is 14.4. The number of amides is 2. The first-order valence-corrected chi connectivity index (χ1v) is 22.2. The Bertz CT molecular complexity index is 2060. The van der Waals surface area contributed by atoms with E-state index in [1.165, 1.54) is 6.42 Å². The molecule has 12 nitrogen and oxygen atoms in total. The van der Waals surface area contributed by atoms with Crippen molar-refractivity contribution in [3.63, 3.8) is 0 Å². The van der Waals surface area contributed by atoms with Crippen LogP contribution in [0.3, 0.4) is 0 Å². The van der Waals surface area contributed by atoms with E-state index in [2.05, 4.69) is 60.7 Å². The van der Waals surface area contributed by atoms with E-state index < -0.39 is 5.60 Å². The summed E-state index contributed by atoms with van der Waals surface area (Å²) in [5, 5.41) is 30.7. The number of ether oxygens (including phenoxy) is 2. The van der Waals surface area contributed by atoms with E-state index in [9.17, 15) is 20.0 Å². The highest BCUT2D eigenvalue weighted by Gasteiger charge is 2.64. The molecule has 6 aliphatic rings. The molecule has 4 N–H and O–H groups in total. The van der Waals surface area contributed by atoms with Gasteiger partial charge < -0.3 is 30.1 Å². The first-order chi connectivity index (χ1) is 28.4. The van der Waals surface area contributed by atoms with Crippen LogP contribution in [0.25, 0.3) is 5.57 Å². The molecule has 60 heavy (non-hydrogen) atoms. The van der Waals surface area contributed by atoms with Gasteiger partial charge >= 0.3 is 0 Å². The van der Waals surface area contributed by atoms with Crippen LogP contribution in [0, 0.1) is 45.8 Å². The van der Waals surface area contributed by atoms with Crippen molar-refractivity contribution < 1.29 is 24.2 Å². The molecule has 13 heteroatoms. The smallest absolute Gasteiger partial charge is 0.244 e. The Labute approximate surface area is 360 Å². The van der Waals surface area contributed by atoms with Gasteiger partial charge in [0.1, 0.15) is 23.7 Å². The van der Waals surface area contributed by atoms with Crippen molar-refractivity contribution in [2.24, 2.45) is 39.5 Å². The minimum absolute atomic E-state index is 0.0329. The van der Waals surface area contributed by atoms with Crippen LogP contribution >= 0.6 is 11.6 Å². The number of hydrogen-bond donors (Lipinski definition) is 4. The second kappa shape index (κ2) is 16.4. The van der Waals surface area contributed by atoms with E-state index in [1.807, 2.05) is 31.6 Å². The molecular formula is C47H62ClN7O5. The third kappa shape index (κ3) is 8.20. The van der Waals surface area contributed by atoms with Gasteiger partial charge in [-0.05, 0) is 106 Å². The number of carbonyl (C=O) groups is 2. The standard InChI is InChI=1S/C47H62ClN7O5/c1-45(2)42(46(3,4)43(45)60-32-10-8-29(23-49)37(48)22-32)53-40(56)30-24-51-44(52-25-30)55-16-13-27(14-17-55)18-28-19-33(20-28)59-38-11-9-31(47(5,6)58)21-35(38)36-26-54(7)41(57)39-34(36)12-15-50-39/h8-11,21-22,24,26-28,30,33-34,39,42-44,50,52,58H,12-20,25H2,1-7H3,(H,53,56). The molecular weight excluding hydrogens is 778 g/mol. The molecule has 4 unspecified atom stereocenters. The van der Waals surface area contributed by atoms with Gasteiger partial charge in [0.2, 0.25) is 11.8 Å². The minimum atomic E-state index is -0.994. The normalized spacial score (nSPS) is 31.3. The summed E-state index contributed by atoms with van der Waals surface area (Å²) < 4.78 is 13.1. The molecule has 8 rings (SSSR count). The average molecular weight is 841 g/mol. The molecule has 2 saturated heterocycles. The number of aliphatic hydroxyl groups is 1. The second-order valence-corrected chi connectivity index (χ2v) is 20.4. The predicted molar refractivity (Wildman–Crippen MR) is 232 cm³/mol. The lowest BCUT2D eigenvalue weighted by atomic mass is 9.49. The monoisotopic (exact) mass is 839 g/mol. The number of piperidine rings is 1. The van der Waals surface area contributed by atoms with Gasteiger partial charge in [-0.3, -0.25) is 24.8 Å².